The van der Waals surface area contributed by atoms with Gasteiger partial charge >= 0.3 is 11.8 Å². The topological polar surface area (TPSA) is 139 Å². The van der Waals surface area contributed by atoms with Gasteiger partial charge in [0.25, 0.3) is 0 Å². The third-order valence-corrected chi connectivity index (χ3v) is 5.34. The summed E-state index contributed by atoms with van der Waals surface area (Å²) < 4.78 is 37.8. The standard InChI is InChI=1S/C17H19BrN4O6S/c1-27-9-8-19-16(23)17(24)22-20-10-13-4-5-14(28-13)11-21-29(25,26)15-6-2-12(18)3-7-15/h2-7,10,21H,8-9,11H2,1H3,(H,19,23)(H,22,24)/b20-10+. The fraction of sp³-hybridized carbons (Fsp3) is 0.235. The second-order valence-corrected chi connectivity index (χ2v) is 8.21. The third kappa shape index (κ3) is 7.42. The maximum Gasteiger partial charge on any atom is 0.329 e. The molecular formula is C17H19BrN4O6S. The Kier molecular flexibility index (Phi) is 8.51. The highest BCUT2D eigenvalue weighted by molar-refractivity contribution is 9.10. The highest BCUT2D eigenvalue weighted by Crippen LogP contribution is 2.15. The normalized spacial score (nSPS) is 11.5. The summed E-state index contributed by atoms with van der Waals surface area (Å²) in [5, 5.41) is 5.96. The highest BCUT2D eigenvalue weighted by atomic mass is 79.9. The molecule has 0 radical (unpaired) electrons. The molecule has 1 aromatic carbocycles. The number of carbonyl (C=O) groups is 2. The van der Waals surface area contributed by atoms with E-state index < -0.39 is 21.8 Å². The molecule has 0 spiro atoms. The minimum absolute atomic E-state index is 0.0689. The van der Waals surface area contributed by atoms with Gasteiger partial charge in [-0.2, -0.15) is 5.10 Å². The zero-order valence-corrected chi connectivity index (χ0v) is 17.7. The van der Waals surface area contributed by atoms with Gasteiger partial charge in [0.1, 0.15) is 11.5 Å². The van der Waals surface area contributed by atoms with Gasteiger partial charge in [-0.15, -0.1) is 0 Å². The Morgan fingerprint density at radius 1 is 1.17 bits per heavy atom. The van der Waals surface area contributed by atoms with Crippen LogP contribution in [-0.2, 0) is 30.9 Å². The predicted octanol–water partition coefficient (Wildman–Crippen LogP) is 0.733. The second-order valence-electron chi connectivity index (χ2n) is 5.53. The maximum atomic E-state index is 12.2. The van der Waals surface area contributed by atoms with E-state index in [0.29, 0.717) is 5.76 Å². The van der Waals surface area contributed by atoms with Gasteiger partial charge in [-0.3, -0.25) is 9.59 Å². The van der Waals surface area contributed by atoms with Crippen molar-refractivity contribution in [3.63, 3.8) is 0 Å². The van der Waals surface area contributed by atoms with Gasteiger partial charge in [0.2, 0.25) is 10.0 Å². The van der Waals surface area contributed by atoms with Gasteiger partial charge in [0.05, 0.1) is 24.3 Å². The van der Waals surface area contributed by atoms with Crippen LogP contribution in [0.4, 0.5) is 0 Å². The predicted molar refractivity (Wildman–Crippen MR) is 107 cm³/mol. The first-order valence-electron chi connectivity index (χ1n) is 8.26. The van der Waals surface area contributed by atoms with Crippen LogP contribution < -0.4 is 15.5 Å². The van der Waals surface area contributed by atoms with Crippen molar-refractivity contribution in [2.45, 2.75) is 11.4 Å². The molecule has 12 heteroatoms. The lowest BCUT2D eigenvalue weighted by atomic mass is 10.4. The monoisotopic (exact) mass is 486 g/mol. The molecule has 0 atom stereocenters. The summed E-state index contributed by atoms with van der Waals surface area (Å²) in [7, 11) is -2.22. The molecule has 0 aliphatic carbocycles. The summed E-state index contributed by atoms with van der Waals surface area (Å²) in [6.07, 6.45) is 1.19. The third-order valence-electron chi connectivity index (χ3n) is 3.40. The first kappa shape index (κ1) is 22.7. The van der Waals surface area contributed by atoms with Crippen molar-refractivity contribution < 1.29 is 27.2 Å². The molecule has 3 N–H and O–H groups in total. The fourth-order valence-corrected chi connectivity index (χ4v) is 3.23. The number of hydrogen-bond donors (Lipinski definition) is 3. The number of ether oxygens (including phenoxy) is 1. The van der Waals surface area contributed by atoms with Crippen LogP contribution in [0.2, 0.25) is 0 Å². The van der Waals surface area contributed by atoms with Crippen molar-refractivity contribution in [2.24, 2.45) is 5.10 Å². The van der Waals surface area contributed by atoms with Crippen molar-refractivity contribution in [2.75, 3.05) is 20.3 Å². The molecule has 10 nitrogen and oxygen atoms in total. The SMILES string of the molecule is COCCNC(=O)C(=O)N/N=C/c1ccc(CNS(=O)(=O)c2ccc(Br)cc2)o1. The lowest BCUT2D eigenvalue weighted by molar-refractivity contribution is -0.139. The lowest BCUT2D eigenvalue weighted by Crippen LogP contribution is -2.39. The van der Waals surface area contributed by atoms with Crippen LogP contribution in [0.1, 0.15) is 11.5 Å². The molecule has 156 valence electrons. The zero-order chi connectivity index (χ0) is 21.3. The van der Waals surface area contributed by atoms with Crippen LogP contribution >= 0.6 is 15.9 Å². The number of methoxy groups -OCH3 is 1. The quantitative estimate of drug-likeness (QED) is 0.206. The molecule has 29 heavy (non-hydrogen) atoms. The average Bonchev–Trinajstić information content (AvgIpc) is 3.14. The van der Waals surface area contributed by atoms with Gasteiger partial charge < -0.3 is 14.5 Å². The summed E-state index contributed by atoms with van der Waals surface area (Å²) in [6.45, 7) is 0.410. The largest absolute Gasteiger partial charge is 0.459 e. The van der Waals surface area contributed by atoms with Crippen LogP contribution in [0.3, 0.4) is 0 Å². The van der Waals surface area contributed by atoms with Gasteiger partial charge in [-0.1, -0.05) is 15.9 Å². The number of amides is 2. The van der Waals surface area contributed by atoms with Crippen LogP contribution in [0, 0.1) is 0 Å². The number of halogens is 1. The molecule has 0 saturated carbocycles. The number of nitrogens with one attached hydrogen (secondary N) is 3. The van der Waals surface area contributed by atoms with Crippen LogP contribution in [0.15, 0.2) is 55.3 Å². The van der Waals surface area contributed by atoms with Crippen LogP contribution in [0.25, 0.3) is 0 Å². The molecule has 0 aliphatic rings. The molecule has 2 rings (SSSR count). The molecule has 0 fully saturated rings. The Morgan fingerprint density at radius 2 is 1.90 bits per heavy atom. The van der Waals surface area contributed by atoms with Crippen molar-refractivity contribution in [3.05, 3.63) is 52.4 Å². The highest BCUT2D eigenvalue weighted by Gasteiger charge is 2.14. The number of benzene rings is 1. The summed E-state index contributed by atoms with van der Waals surface area (Å²) >= 11 is 3.25. The Hall–Kier alpha value is -2.54. The number of carbonyl (C=O) groups excluding carboxylic acids is 2. The summed E-state index contributed by atoms with van der Waals surface area (Å²) in [4.78, 5) is 23.1. The Labute approximate surface area is 175 Å². The number of rotatable bonds is 9. The maximum absolute atomic E-state index is 12.2. The molecule has 0 unspecified atom stereocenters. The fourth-order valence-electron chi connectivity index (χ4n) is 1.97. The minimum Gasteiger partial charge on any atom is -0.459 e. The number of nitrogens with zero attached hydrogens (tertiary/aromatic N) is 1. The Morgan fingerprint density at radius 3 is 2.59 bits per heavy atom. The molecular weight excluding hydrogens is 468 g/mol. The van der Waals surface area contributed by atoms with Crippen molar-refractivity contribution >= 4 is 44.0 Å². The smallest absolute Gasteiger partial charge is 0.329 e. The van der Waals surface area contributed by atoms with E-state index in [1.807, 2.05) is 0 Å². The molecule has 0 bridgehead atoms. The van der Waals surface area contributed by atoms with E-state index in [9.17, 15) is 18.0 Å². The molecule has 0 saturated heterocycles. The second kappa shape index (κ2) is 10.9. The Balaban J connectivity index is 1.84. The number of hydrazone groups is 1. The molecule has 1 heterocycles. The van der Waals surface area contributed by atoms with Gasteiger partial charge in [-0.05, 0) is 36.4 Å². The number of hydrogen-bond acceptors (Lipinski definition) is 7. The van der Waals surface area contributed by atoms with Crippen LogP contribution in [0.5, 0.6) is 0 Å². The van der Waals surface area contributed by atoms with E-state index >= 15 is 0 Å². The molecule has 1 aromatic heterocycles. The van der Waals surface area contributed by atoms with Gasteiger partial charge in [0.15, 0.2) is 0 Å². The average molecular weight is 487 g/mol. The van der Waals surface area contributed by atoms with E-state index in [-0.39, 0.29) is 30.4 Å². The van der Waals surface area contributed by atoms with Crippen molar-refractivity contribution in [1.82, 2.24) is 15.5 Å². The van der Waals surface area contributed by atoms with Crippen LogP contribution in [-0.4, -0.2) is 46.7 Å². The first-order valence-corrected chi connectivity index (χ1v) is 10.5. The number of sulfonamides is 1. The summed E-state index contributed by atoms with van der Waals surface area (Å²) in [5.41, 5.74) is 2.05. The number of furan rings is 1. The van der Waals surface area contributed by atoms with E-state index in [2.05, 4.69) is 36.5 Å². The van der Waals surface area contributed by atoms with E-state index in [0.717, 1.165) is 4.47 Å². The van der Waals surface area contributed by atoms with E-state index in [1.165, 1.54) is 31.5 Å². The minimum atomic E-state index is -3.69. The van der Waals surface area contributed by atoms with E-state index in [4.69, 9.17) is 9.15 Å². The van der Waals surface area contributed by atoms with Gasteiger partial charge in [-0.25, -0.2) is 18.6 Å². The molecule has 2 aromatic rings. The Bertz CT molecular complexity index is 972. The first-order chi connectivity index (χ1) is 13.8. The molecule has 0 aliphatic heterocycles. The van der Waals surface area contributed by atoms with Crippen molar-refractivity contribution in [1.29, 1.82) is 0 Å². The molecule has 2 amide bonds. The van der Waals surface area contributed by atoms with E-state index in [1.54, 1.807) is 18.2 Å². The van der Waals surface area contributed by atoms with Crippen molar-refractivity contribution in [3.8, 4) is 0 Å². The van der Waals surface area contributed by atoms with Gasteiger partial charge in [0, 0.05) is 18.1 Å². The summed E-state index contributed by atoms with van der Waals surface area (Å²) in [6, 6.07) is 9.30. The zero-order valence-electron chi connectivity index (χ0n) is 15.3. The summed E-state index contributed by atoms with van der Waals surface area (Å²) in [5.74, 6) is -1.17. The lowest BCUT2D eigenvalue weighted by Gasteiger charge is -2.05.